The zero-order valence-corrected chi connectivity index (χ0v) is 17.6. The van der Waals surface area contributed by atoms with Gasteiger partial charge in [-0.05, 0) is 30.2 Å². The smallest absolute Gasteiger partial charge is 0.319 e. The Bertz CT molecular complexity index is 857. The van der Waals surface area contributed by atoms with E-state index in [0.717, 1.165) is 25.2 Å². The highest BCUT2D eigenvalue weighted by Crippen LogP contribution is 2.20. The van der Waals surface area contributed by atoms with E-state index in [-0.39, 0.29) is 18.0 Å². The molecule has 3 amide bonds. The molecule has 2 aromatic carbocycles. The summed E-state index contributed by atoms with van der Waals surface area (Å²) in [6, 6.07) is 15.5. The number of ether oxygens (including phenoxy) is 1. The van der Waals surface area contributed by atoms with Crippen molar-refractivity contribution in [1.29, 1.82) is 0 Å². The summed E-state index contributed by atoms with van der Waals surface area (Å²) in [4.78, 5) is 26.3. The number of hydrogen-bond donors (Lipinski definition) is 3. The number of carbonyl (C=O) groups excluding carboxylic acids is 2. The van der Waals surface area contributed by atoms with Crippen LogP contribution in [0, 0.1) is 6.92 Å². The molecule has 160 valence electrons. The number of urea groups is 1. The molecule has 0 aromatic heterocycles. The lowest BCUT2D eigenvalue weighted by Crippen LogP contribution is -2.47. The molecule has 1 saturated heterocycles. The normalized spacial score (nSPS) is 16.7. The Kier molecular flexibility index (Phi) is 7.82. The predicted octanol–water partition coefficient (Wildman–Crippen LogP) is 3.37. The number of nitrogens with one attached hydrogen (secondary N) is 3. The van der Waals surface area contributed by atoms with Gasteiger partial charge in [-0.3, -0.25) is 9.69 Å². The largest absolute Gasteiger partial charge is 0.374 e. The number of anilines is 2. The third-order valence-corrected chi connectivity index (χ3v) is 5.05. The fraction of sp³-hybridized carbons (Fsp3) is 0.391. The van der Waals surface area contributed by atoms with Crippen LogP contribution >= 0.6 is 0 Å². The van der Waals surface area contributed by atoms with Gasteiger partial charge in [0.15, 0.2) is 0 Å². The minimum Gasteiger partial charge on any atom is -0.374 e. The van der Waals surface area contributed by atoms with Gasteiger partial charge in [0.05, 0.1) is 12.7 Å². The van der Waals surface area contributed by atoms with E-state index >= 15 is 0 Å². The number of rotatable bonds is 7. The summed E-state index contributed by atoms with van der Waals surface area (Å²) < 4.78 is 5.81. The van der Waals surface area contributed by atoms with Crippen molar-refractivity contribution in [3.05, 3.63) is 59.7 Å². The highest BCUT2D eigenvalue weighted by atomic mass is 16.5. The monoisotopic (exact) mass is 410 g/mol. The first-order valence-corrected chi connectivity index (χ1v) is 10.4. The number of morpholine rings is 1. The summed E-state index contributed by atoms with van der Waals surface area (Å²) >= 11 is 0. The highest BCUT2D eigenvalue weighted by Gasteiger charge is 2.21. The van der Waals surface area contributed by atoms with Crippen LogP contribution in [-0.4, -0.2) is 49.2 Å². The Labute approximate surface area is 177 Å². The first kappa shape index (κ1) is 21.8. The highest BCUT2D eigenvalue weighted by molar-refractivity contribution is 5.94. The summed E-state index contributed by atoms with van der Waals surface area (Å²) in [5.74, 6) is -0.0660. The maximum atomic E-state index is 12.4. The van der Waals surface area contributed by atoms with E-state index in [9.17, 15) is 9.59 Å². The molecule has 7 heteroatoms. The number of aryl methyl sites for hydroxylation is 1. The van der Waals surface area contributed by atoms with Gasteiger partial charge in [0.2, 0.25) is 5.91 Å². The van der Waals surface area contributed by atoms with Gasteiger partial charge >= 0.3 is 6.03 Å². The quantitative estimate of drug-likeness (QED) is 0.654. The molecule has 0 spiro atoms. The number of hydrogen-bond acceptors (Lipinski definition) is 4. The topological polar surface area (TPSA) is 82.7 Å². The summed E-state index contributed by atoms with van der Waals surface area (Å²) in [7, 11) is 0. The standard InChI is InChI=1S/C23H30N4O3/c1-3-22(28)25-19-10-9-17(2)21(13-19)26-23(29)24-14-20-16-27(11-12-30-20)15-18-7-5-4-6-8-18/h4-10,13,20H,3,11-12,14-16H2,1-2H3,(H,25,28)(H2,24,26,29). The Balaban J connectivity index is 1.48. The average molecular weight is 411 g/mol. The Morgan fingerprint density at radius 2 is 1.93 bits per heavy atom. The molecule has 1 aliphatic rings. The molecular formula is C23H30N4O3. The number of nitrogens with zero attached hydrogens (tertiary/aromatic N) is 1. The van der Waals surface area contributed by atoms with Crippen LogP contribution in [0.1, 0.15) is 24.5 Å². The second-order valence-corrected chi connectivity index (χ2v) is 7.48. The van der Waals surface area contributed by atoms with Gasteiger partial charge in [-0.15, -0.1) is 0 Å². The van der Waals surface area contributed by atoms with E-state index in [1.54, 1.807) is 13.0 Å². The minimum atomic E-state index is -0.291. The van der Waals surface area contributed by atoms with E-state index in [4.69, 9.17) is 4.74 Å². The zero-order valence-electron chi connectivity index (χ0n) is 17.6. The molecule has 1 fully saturated rings. The summed E-state index contributed by atoms with van der Waals surface area (Å²) in [6.45, 7) is 7.32. The van der Waals surface area contributed by atoms with Crippen LogP contribution in [0.15, 0.2) is 48.5 Å². The maximum Gasteiger partial charge on any atom is 0.319 e. The third kappa shape index (κ3) is 6.57. The van der Waals surface area contributed by atoms with Gasteiger partial charge in [0.1, 0.15) is 0 Å². The molecule has 3 N–H and O–H groups in total. The Hall–Kier alpha value is -2.90. The second-order valence-electron chi connectivity index (χ2n) is 7.48. The molecule has 1 aliphatic heterocycles. The molecule has 3 rings (SSSR count). The molecule has 0 aliphatic carbocycles. The van der Waals surface area contributed by atoms with Crippen molar-refractivity contribution < 1.29 is 14.3 Å². The molecule has 0 saturated carbocycles. The molecule has 1 heterocycles. The molecular weight excluding hydrogens is 380 g/mol. The molecule has 7 nitrogen and oxygen atoms in total. The average Bonchev–Trinajstić information content (AvgIpc) is 2.75. The Morgan fingerprint density at radius 1 is 1.13 bits per heavy atom. The van der Waals surface area contributed by atoms with Crippen molar-refractivity contribution in [2.24, 2.45) is 0 Å². The zero-order chi connectivity index (χ0) is 21.3. The van der Waals surface area contributed by atoms with Crippen molar-refractivity contribution in [2.75, 3.05) is 36.9 Å². The fourth-order valence-corrected chi connectivity index (χ4v) is 3.35. The Morgan fingerprint density at radius 3 is 2.70 bits per heavy atom. The van der Waals surface area contributed by atoms with Gasteiger partial charge in [0.25, 0.3) is 0 Å². The first-order chi connectivity index (χ1) is 14.5. The lowest BCUT2D eigenvalue weighted by molar-refractivity contribution is -0.115. The second kappa shape index (κ2) is 10.8. The maximum absolute atomic E-state index is 12.4. The van der Waals surface area contributed by atoms with Crippen molar-refractivity contribution in [2.45, 2.75) is 32.9 Å². The van der Waals surface area contributed by atoms with Gasteiger partial charge in [-0.25, -0.2) is 4.79 Å². The van der Waals surface area contributed by atoms with Crippen molar-refractivity contribution in [3.63, 3.8) is 0 Å². The minimum absolute atomic E-state index is 0.0514. The van der Waals surface area contributed by atoms with E-state index < -0.39 is 0 Å². The fourth-order valence-electron chi connectivity index (χ4n) is 3.35. The van der Waals surface area contributed by atoms with Crippen molar-refractivity contribution in [3.8, 4) is 0 Å². The van der Waals surface area contributed by atoms with Crippen LogP contribution in [0.25, 0.3) is 0 Å². The number of amides is 3. The lowest BCUT2D eigenvalue weighted by Gasteiger charge is -2.33. The molecule has 1 atom stereocenters. The van der Waals surface area contributed by atoms with Crippen LogP contribution in [0.5, 0.6) is 0 Å². The summed E-state index contributed by atoms with van der Waals surface area (Å²) in [5.41, 5.74) is 3.52. The molecule has 1 unspecified atom stereocenters. The van der Waals surface area contributed by atoms with Crippen LogP contribution < -0.4 is 16.0 Å². The van der Waals surface area contributed by atoms with Crippen LogP contribution in [-0.2, 0) is 16.1 Å². The van der Waals surface area contributed by atoms with E-state index in [1.807, 2.05) is 37.3 Å². The van der Waals surface area contributed by atoms with E-state index in [2.05, 4.69) is 33.0 Å². The van der Waals surface area contributed by atoms with Crippen molar-refractivity contribution >= 4 is 23.3 Å². The number of carbonyl (C=O) groups is 2. The van der Waals surface area contributed by atoms with Gasteiger partial charge in [-0.1, -0.05) is 43.3 Å². The molecule has 30 heavy (non-hydrogen) atoms. The van der Waals surface area contributed by atoms with Crippen LogP contribution in [0.3, 0.4) is 0 Å². The third-order valence-electron chi connectivity index (χ3n) is 5.05. The number of benzene rings is 2. The first-order valence-electron chi connectivity index (χ1n) is 10.4. The van der Waals surface area contributed by atoms with E-state index in [0.29, 0.717) is 30.9 Å². The lowest BCUT2D eigenvalue weighted by atomic mass is 10.1. The van der Waals surface area contributed by atoms with Gasteiger partial charge < -0.3 is 20.7 Å². The van der Waals surface area contributed by atoms with Crippen LogP contribution in [0.2, 0.25) is 0 Å². The molecule has 0 bridgehead atoms. The predicted molar refractivity (Wildman–Crippen MR) is 119 cm³/mol. The van der Waals surface area contributed by atoms with Gasteiger partial charge in [-0.2, -0.15) is 0 Å². The SMILES string of the molecule is CCC(=O)Nc1ccc(C)c(NC(=O)NCC2CN(Cc3ccccc3)CCO2)c1. The van der Waals surface area contributed by atoms with Crippen molar-refractivity contribution in [1.82, 2.24) is 10.2 Å². The van der Waals surface area contributed by atoms with E-state index in [1.165, 1.54) is 5.56 Å². The summed E-state index contributed by atoms with van der Waals surface area (Å²) in [6.07, 6.45) is 0.351. The molecule has 2 aromatic rings. The molecule has 0 radical (unpaired) electrons. The summed E-state index contributed by atoms with van der Waals surface area (Å²) in [5, 5.41) is 8.56. The van der Waals surface area contributed by atoms with Gasteiger partial charge in [0, 0.05) is 44.0 Å². The van der Waals surface area contributed by atoms with Crippen LogP contribution in [0.4, 0.5) is 16.2 Å².